The molecule has 0 spiro atoms. The van der Waals surface area contributed by atoms with Crippen LogP contribution in [0.3, 0.4) is 0 Å². The molecule has 17 heavy (non-hydrogen) atoms. The lowest BCUT2D eigenvalue weighted by Gasteiger charge is -2.28. The Morgan fingerprint density at radius 1 is 1.47 bits per heavy atom. The summed E-state index contributed by atoms with van der Waals surface area (Å²) in [5, 5.41) is 0. The monoisotopic (exact) mass is 235 g/mol. The van der Waals surface area contributed by atoms with Crippen molar-refractivity contribution in [2.45, 2.75) is 31.9 Å². The van der Waals surface area contributed by atoms with Crippen LogP contribution in [-0.4, -0.2) is 25.9 Å². The Labute approximate surface area is 103 Å². The molecule has 0 amide bonds. The summed E-state index contributed by atoms with van der Waals surface area (Å²) in [5.74, 6) is 0. The molecule has 1 aliphatic rings. The number of hydrogen-bond acceptors (Lipinski definition) is 3. The highest BCUT2D eigenvalue weighted by Gasteiger charge is 2.22. The van der Waals surface area contributed by atoms with Crippen LogP contribution in [0.15, 0.2) is 24.3 Å². The van der Waals surface area contributed by atoms with Crippen molar-refractivity contribution >= 4 is 0 Å². The van der Waals surface area contributed by atoms with Crippen molar-refractivity contribution in [2.75, 3.05) is 19.8 Å². The van der Waals surface area contributed by atoms with Crippen LogP contribution in [0.1, 0.15) is 30.6 Å². The second-order valence-electron chi connectivity index (χ2n) is 4.46. The second kappa shape index (κ2) is 6.15. The molecule has 2 atom stereocenters. The third kappa shape index (κ3) is 3.28. The van der Waals surface area contributed by atoms with Gasteiger partial charge in [-0.05, 0) is 30.9 Å². The van der Waals surface area contributed by atoms with Crippen molar-refractivity contribution < 1.29 is 9.47 Å². The molecule has 0 aliphatic carbocycles. The van der Waals surface area contributed by atoms with Crippen molar-refractivity contribution in [1.29, 1.82) is 0 Å². The van der Waals surface area contributed by atoms with E-state index in [1.807, 2.05) is 6.92 Å². The molecule has 2 rings (SSSR count). The minimum atomic E-state index is 0.0473. The van der Waals surface area contributed by atoms with Crippen LogP contribution in [0.4, 0.5) is 0 Å². The summed E-state index contributed by atoms with van der Waals surface area (Å²) in [4.78, 5) is 0. The highest BCUT2D eigenvalue weighted by atomic mass is 16.5. The van der Waals surface area contributed by atoms with Gasteiger partial charge in [0.15, 0.2) is 0 Å². The third-order valence-electron chi connectivity index (χ3n) is 3.15. The SMILES string of the molecule is CCOCC(N)CC1OCCc2ccccc21. The topological polar surface area (TPSA) is 44.5 Å². The van der Waals surface area contributed by atoms with E-state index >= 15 is 0 Å². The van der Waals surface area contributed by atoms with Crippen LogP contribution in [0, 0.1) is 0 Å². The maximum Gasteiger partial charge on any atom is 0.0843 e. The van der Waals surface area contributed by atoms with Gasteiger partial charge in [-0.25, -0.2) is 0 Å². The fourth-order valence-corrected chi connectivity index (χ4v) is 2.28. The summed E-state index contributed by atoms with van der Waals surface area (Å²) in [7, 11) is 0. The van der Waals surface area contributed by atoms with Crippen molar-refractivity contribution in [1.82, 2.24) is 0 Å². The van der Waals surface area contributed by atoms with E-state index in [0.717, 1.165) is 26.1 Å². The first-order valence-electron chi connectivity index (χ1n) is 6.34. The standard InChI is InChI=1S/C14H21NO2/c1-2-16-10-12(15)9-14-13-6-4-3-5-11(13)7-8-17-14/h3-6,12,14H,2,7-10,15H2,1H3. The van der Waals surface area contributed by atoms with Gasteiger partial charge in [-0.1, -0.05) is 24.3 Å². The van der Waals surface area contributed by atoms with Gasteiger partial charge in [0, 0.05) is 12.6 Å². The minimum Gasteiger partial charge on any atom is -0.380 e. The first-order chi connectivity index (χ1) is 8.31. The van der Waals surface area contributed by atoms with Crippen LogP contribution in [0.2, 0.25) is 0 Å². The predicted molar refractivity (Wildman–Crippen MR) is 67.9 cm³/mol. The Balaban J connectivity index is 1.98. The Morgan fingerprint density at radius 3 is 3.12 bits per heavy atom. The lowest BCUT2D eigenvalue weighted by atomic mass is 9.94. The molecule has 0 radical (unpaired) electrons. The van der Waals surface area contributed by atoms with E-state index in [-0.39, 0.29) is 12.1 Å². The summed E-state index contributed by atoms with van der Waals surface area (Å²) >= 11 is 0. The zero-order valence-corrected chi connectivity index (χ0v) is 10.4. The van der Waals surface area contributed by atoms with E-state index in [9.17, 15) is 0 Å². The fourth-order valence-electron chi connectivity index (χ4n) is 2.28. The number of ether oxygens (including phenoxy) is 2. The lowest BCUT2D eigenvalue weighted by Crippen LogP contribution is -2.30. The smallest absolute Gasteiger partial charge is 0.0843 e. The van der Waals surface area contributed by atoms with Crippen LogP contribution in [-0.2, 0) is 15.9 Å². The van der Waals surface area contributed by atoms with E-state index in [0.29, 0.717) is 6.61 Å². The van der Waals surface area contributed by atoms with Crippen LogP contribution in [0.5, 0.6) is 0 Å². The molecule has 3 heteroatoms. The molecular weight excluding hydrogens is 214 g/mol. The van der Waals surface area contributed by atoms with Gasteiger partial charge in [-0.2, -0.15) is 0 Å². The van der Waals surface area contributed by atoms with Crippen molar-refractivity contribution in [2.24, 2.45) is 5.73 Å². The molecule has 1 aromatic carbocycles. The van der Waals surface area contributed by atoms with E-state index in [1.165, 1.54) is 11.1 Å². The van der Waals surface area contributed by atoms with Gasteiger partial charge in [0.05, 0.1) is 19.3 Å². The third-order valence-corrected chi connectivity index (χ3v) is 3.15. The van der Waals surface area contributed by atoms with Gasteiger partial charge >= 0.3 is 0 Å². The Bertz CT molecular complexity index is 354. The van der Waals surface area contributed by atoms with Crippen molar-refractivity contribution in [3.05, 3.63) is 35.4 Å². The maximum atomic E-state index is 6.04. The first-order valence-corrected chi connectivity index (χ1v) is 6.34. The highest BCUT2D eigenvalue weighted by Crippen LogP contribution is 2.30. The molecule has 2 N–H and O–H groups in total. The Hall–Kier alpha value is -0.900. The van der Waals surface area contributed by atoms with Crippen molar-refractivity contribution in [3.8, 4) is 0 Å². The summed E-state index contributed by atoms with van der Waals surface area (Å²) in [5.41, 5.74) is 8.74. The minimum absolute atomic E-state index is 0.0473. The molecule has 1 aromatic rings. The molecule has 1 heterocycles. The second-order valence-corrected chi connectivity index (χ2v) is 4.46. The molecule has 3 nitrogen and oxygen atoms in total. The van der Waals surface area contributed by atoms with Gasteiger partial charge < -0.3 is 15.2 Å². The predicted octanol–water partition coefficient (Wildman–Crippen LogP) is 2.05. The Morgan fingerprint density at radius 2 is 2.29 bits per heavy atom. The average Bonchev–Trinajstić information content (AvgIpc) is 2.37. The van der Waals surface area contributed by atoms with Gasteiger partial charge in [-0.15, -0.1) is 0 Å². The molecule has 0 saturated carbocycles. The molecule has 0 fully saturated rings. The number of benzene rings is 1. The summed E-state index contributed by atoms with van der Waals surface area (Å²) in [6.45, 7) is 4.11. The number of rotatable bonds is 5. The zero-order valence-electron chi connectivity index (χ0n) is 10.4. The van der Waals surface area contributed by atoms with E-state index in [1.54, 1.807) is 0 Å². The quantitative estimate of drug-likeness (QED) is 0.849. The summed E-state index contributed by atoms with van der Waals surface area (Å²) in [6, 6.07) is 8.52. The number of hydrogen-bond donors (Lipinski definition) is 1. The van der Waals surface area contributed by atoms with Gasteiger partial charge in [0.2, 0.25) is 0 Å². The van der Waals surface area contributed by atoms with E-state index in [4.69, 9.17) is 15.2 Å². The molecule has 94 valence electrons. The lowest BCUT2D eigenvalue weighted by molar-refractivity contribution is 0.0227. The molecule has 0 aromatic heterocycles. The molecule has 0 bridgehead atoms. The van der Waals surface area contributed by atoms with Gasteiger partial charge in [0.1, 0.15) is 0 Å². The normalized spacial score (nSPS) is 20.9. The zero-order chi connectivity index (χ0) is 12.1. The van der Waals surface area contributed by atoms with Crippen molar-refractivity contribution in [3.63, 3.8) is 0 Å². The molecule has 2 unspecified atom stereocenters. The summed E-state index contributed by atoms with van der Waals surface area (Å²) < 4.78 is 11.2. The highest BCUT2D eigenvalue weighted by molar-refractivity contribution is 5.30. The number of fused-ring (bicyclic) bond motifs is 1. The molecular formula is C14H21NO2. The molecule has 0 saturated heterocycles. The number of nitrogens with two attached hydrogens (primary N) is 1. The Kier molecular flexibility index (Phi) is 4.54. The molecule has 1 aliphatic heterocycles. The van der Waals surface area contributed by atoms with Crippen LogP contribution < -0.4 is 5.73 Å². The van der Waals surface area contributed by atoms with Gasteiger partial charge in [0.25, 0.3) is 0 Å². The first kappa shape index (κ1) is 12.6. The van der Waals surface area contributed by atoms with E-state index < -0.39 is 0 Å². The summed E-state index contributed by atoms with van der Waals surface area (Å²) in [6.07, 6.45) is 1.97. The van der Waals surface area contributed by atoms with Gasteiger partial charge in [-0.3, -0.25) is 0 Å². The fraction of sp³-hybridized carbons (Fsp3) is 0.571. The van der Waals surface area contributed by atoms with E-state index in [2.05, 4.69) is 24.3 Å². The maximum absolute atomic E-state index is 6.04. The van der Waals surface area contributed by atoms with Crippen LogP contribution in [0.25, 0.3) is 0 Å². The van der Waals surface area contributed by atoms with Crippen LogP contribution >= 0.6 is 0 Å². The average molecular weight is 235 g/mol. The largest absolute Gasteiger partial charge is 0.380 e.